The minimum atomic E-state index is 0.704. The van der Waals surface area contributed by atoms with Crippen LogP contribution in [0.5, 0.6) is 0 Å². The van der Waals surface area contributed by atoms with E-state index in [2.05, 4.69) is 12.6 Å². The first-order valence-electron chi connectivity index (χ1n) is 4.62. The number of benzene rings is 2. The van der Waals surface area contributed by atoms with Gasteiger partial charge in [-0.1, -0.05) is 18.2 Å². The molecule has 0 amide bonds. The summed E-state index contributed by atoms with van der Waals surface area (Å²) < 4.78 is 0. The van der Waals surface area contributed by atoms with E-state index >= 15 is 0 Å². The summed E-state index contributed by atoms with van der Waals surface area (Å²) in [6, 6.07) is 13.3. The van der Waals surface area contributed by atoms with Crippen molar-refractivity contribution in [1.82, 2.24) is 0 Å². The van der Waals surface area contributed by atoms with Gasteiger partial charge in [-0.2, -0.15) is 0 Å². The quantitative estimate of drug-likeness (QED) is 0.507. The van der Waals surface area contributed by atoms with Crippen molar-refractivity contribution >= 4 is 24.0 Å². The average molecular weight is 216 g/mol. The molecule has 0 aliphatic rings. The maximum Gasteiger partial charge on any atom is 0.0395 e. The Morgan fingerprint density at radius 2 is 1.60 bits per heavy atom. The zero-order chi connectivity index (χ0) is 10.8. The number of thiol groups is 1. The molecule has 0 heterocycles. The van der Waals surface area contributed by atoms with E-state index in [-0.39, 0.29) is 0 Å². The molecule has 0 spiro atoms. The van der Waals surface area contributed by atoms with Gasteiger partial charge in [-0.05, 0) is 29.8 Å². The van der Waals surface area contributed by atoms with Crippen molar-refractivity contribution < 1.29 is 0 Å². The van der Waals surface area contributed by atoms with Crippen LogP contribution in [0.4, 0.5) is 11.4 Å². The summed E-state index contributed by atoms with van der Waals surface area (Å²) in [7, 11) is 0. The van der Waals surface area contributed by atoms with Gasteiger partial charge in [-0.25, -0.2) is 0 Å². The van der Waals surface area contributed by atoms with Gasteiger partial charge in [0.05, 0.1) is 0 Å². The van der Waals surface area contributed by atoms with Gasteiger partial charge in [0, 0.05) is 21.8 Å². The summed E-state index contributed by atoms with van der Waals surface area (Å²) in [5, 5.41) is 0. The Balaban J connectivity index is 2.64. The molecule has 0 fully saturated rings. The number of anilines is 2. The van der Waals surface area contributed by atoms with Crippen molar-refractivity contribution in [3.63, 3.8) is 0 Å². The zero-order valence-corrected chi connectivity index (χ0v) is 9.04. The maximum absolute atomic E-state index is 5.90. The molecule has 0 radical (unpaired) electrons. The van der Waals surface area contributed by atoms with E-state index in [1.807, 2.05) is 36.4 Å². The molecule has 0 saturated heterocycles. The summed E-state index contributed by atoms with van der Waals surface area (Å²) in [5.41, 5.74) is 15.0. The topological polar surface area (TPSA) is 52.0 Å². The first-order chi connectivity index (χ1) is 7.18. The molecule has 2 rings (SSSR count). The van der Waals surface area contributed by atoms with Crippen LogP contribution in [0, 0.1) is 0 Å². The monoisotopic (exact) mass is 216 g/mol. The number of hydrogen-bond donors (Lipinski definition) is 3. The van der Waals surface area contributed by atoms with Crippen LogP contribution >= 0.6 is 12.6 Å². The fourth-order valence-corrected chi connectivity index (χ4v) is 1.79. The maximum atomic E-state index is 5.90. The van der Waals surface area contributed by atoms with Crippen molar-refractivity contribution in [3.05, 3.63) is 42.5 Å². The van der Waals surface area contributed by atoms with Crippen LogP contribution in [0.1, 0.15) is 0 Å². The average Bonchev–Trinajstić information content (AvgIpc) is 2.23. The smallest absolute Gasteiger partial charge is 0.0395 e. The molecular weight excluding hydrogens is 204 g/mol. The number of hydrogen-bond acceptors (Lipinski definition) is 3. The van der Waals surface area contributed by atoms with E-state index in [0.29, 0.717) is 11.4 Å². The molecule has 2 aromatic rings. The fraction of sp³-hybridized carbons (Fsp3) is 0. The number of nitrogens with two attached hydrogens (primary N) is 2. The minimum Gasteiger partial charge on any atom is -0.399 e. The van der Waals surface area contributed by atoms with Gasteiger partial charge in [0.1, 0.15) is 0 Å². The molecule has 0 saturated carbocycles. The first-order valence-corrected chi connectivity index (χ1v) is 5.06. The van der Waals surface area contributed by atoms with E-state index < -0.39 is 0 Å². The molecule has 15 heavy (non-hydrogen) atoms. The lowest BCUT2D eigenvalue weighted by Crippen LogP contribution is -1.93. The molecule has 0 unspecified atom stereocenters. The third-order valence-electron chi connectivity index (χ3n) is 2.27. The van der Waals surface area contributed by atoms with Gasteiger partial charge >= 0.3 is 0 Å². The highest BCUT2D eigenvalue weighted by Gasteiger charge is 2.05. The Hall–Kier alpha value is -1.61. The van der Waals surface area contributed by atoms with Crippen LogP contribution in [0.25, 0.3) is 11.1 Å². The summed E-state index contributed by atoms with van der Waals surface area (Å²) >= 11 is 4.39. The Kier molecular flexibility index (Phi) is 2.56. The second kappa shape index (κ2) is 3.87. The van der Waals surface area contributed by atoms with E-state index in [0.717, 1.165) is 16.0 Å². The van der Waals surface area contributed by atoms with E-state index in [1.54, 1.807) is 6.07 Å². The van der Waals surface area contributed by atoms with Gasteiger partial charge in [-0.3, -0.25) is 0 Å². The SMILES string of the molecule is Nc1ccc(N)c(-c2ccccc2S)c1. The summed E-state index contributed by atoms with van der Waals surface area (Å²) in [4.78, 5) is 0.898. The van der Waals surface area contributed by atoms with Crippen LogP contribution in [0.15, 0.2) is 47.4 Å². The van der Waals surface area contributed by atoms with E-state index in [4.69, 9.17) is 11.5 Å². The second-order valence-corrected chi connectivity index (χ2v) is 3.85. The summed E-state index contributed by atoms with van der Waals surface area (Å²) in [5.74, 6) is 0. The molecule has 2 aromatic carbocycles. The zero-order valence-electron chi connectivity index (χ0n) is 8.14. The van der Waals surface area contributed by atoms with E-state index in [1.165, 1.54) is 0 Å². The van der Waals surface area contributed by atoms with Gasteiger partial charge in [0.15, 0.2) is 0 Å². The molecule has 76 valence electrons. The number of rotatable bonds is 1. The molecule has 3 heteroatoms. The van der Waals surface area contributed by atoms with Gasteiger partial charge in [-0.15, -0.1) is 12.6 Å². The highest BCUT2D eigenvalue weighted by molar-refractivity contribution is 7.80. The van der Waals surface area contributed by atoms with Crippen LogP contribution < -0.4 is 11.5 Å². The van der Waals surface area contributed by atoms with Gasteiger partial charge in [0.25, 0.3) is 0 Å². The predicted octanol–water partition coefficient (Wildman–Crippen LogP) is 2.81. The van der Waals surface area contributed by atoms with Crippen molar-refractivity contribution in [2.24, 2.45) is 0 Å². The third-order valence-corrected chi connectivity index (χ3v) is 2.66. The van der Waals surface area contributed by atoms with Crippen molar-refractivity contribution in [2.75, 3.05) is 11.5 Å². The minimum absolute atomic E-state index is 0.704. The van der Waals surface area contributed by atoms with Crippen molar-refractivity contribution in [1.29, 1.82) is 0 Å². The predicted molar refractivity (Wildman–Crippen MR) is 68.0 cm³/mol. The third kappa shape index (κ3) is 1.92. The Morgan fingerprint density at radius 3 is 2.33 bits per heavy atom. The molecule has 2 nitrogen and oxygen atoms in total. The molecule has 0 atom stereocenters. The lowest BCUT2D eigenvalue weighted by atomic mass is 10.0. The molecule has 0 bridgehead atoms. The van der Waals surface area contributed by atoms with E-state index in [9.17, 15) is 0 Å². The normalized spacial score (nSPS) is 10.2. The van der Waals surface area contributed by atoms with Gasteiger partial charge in [0.2, 0.25) is 0 Å². The first kappa shape index (κ1) is 9.93. The van der Waals surface area contributed by atoms with Crippen LogP contribution in [-0.4, -0.2) is 0 Å². The number of nitrogen functional groups attached to an aromatic ring is 2. The van der Waals surface area contributed by atoms with Crippen molar-refractivity contribution in [2.45, 2.75) is 4.90 Å². The Bertz CT molecular complexity index is 495. The van der Waals surface area contributed by atoms with Crippen LogP contribution in [0.2, 0.25) is 0 Å². The lowest BCUT2D eigenvalue weighted by molar-refractivity contribution is 1.46. The van der Waals surface area contributed by atoms with Crippen LogP contribution in [0.3, 0.4) is 0 Å². The van der Waals surface area contributed by atoms with Crippen LogP contribution in [-0.2, 0) is 0 Å². The molecular formula is C12H12N2S. The largest absolute Gasteiger partial charge is 0.399 e. The highest BCUT2D eigenvalue weighted by atomic mass is 32.1. The highest BCUT2D eigenvalue weighted by Crippen LogP contribution is 2.32. The molecule has 0 aromatic heterocycles. The summed E-state index contributed by atoms with van der Waals surface area (Å²) in [6.07, 6.45) is 0. The molecule has 4 N–H and O–H groups in total. The molecule has 0 aliphatic heterocycles. The standard InChI is InChI=1S/C12H12N2S/c13-8-5-6-11(14)10(7-8)9-3-1-2-4-12(9)15/h1-7,15H,13-14H2. The molecule has 0 aliphatic carbocycles. The van der Waals surface area contributed by atoms with Gasteiger partial charge < -0.3 is 11.5 Å². The summed E-state index contributed by atoms with van der Waals surface area (Å²) in [6.45, 7) is 0. The van der Waals surface area contributed by atoms with Crippen molar-refractivity contribution in [3.8, 4) is 11.1 Å². The second-order valence-electron chi connectivity index (χ2n) is 3.36. The lowest BCUT2D eigenvalue weighted by Gasteiger charge is -2.09. The fourth-order valence-electron chi connectivity index (χ4n) is 1.51. The Labute approximate surface area is 94.3 Å². The Morgan fingerprint density at radius 1 is 0.867 bits per heavy atom.